The van der Waals surface area contributed by atoms with Gasteiger partial charge in [0.1, 0.15) is 5.82 Å². The van der Waals surface area contributed by atoms with Crippen LogP contribution in [-0.4, -0.2) is 29.9 Å². The highest BCUT2D eigenvalue weighted by Gasteiger charge is 2.26. The summed E-state index contributed by atoms with van der Waals surface area (Å²) < 4.78 is 13.3. The smallest absolute Gasteiger partial charge is 0.156 e. The average molecular weight is 338 g/mol. The summed E-state index contributed by atoms with van der Waals surface area (Å²) in [4.78, 5) is 2.31. The molecule has 2 aromatic carbocycles. The molecule has 2 aliphatic rings. The van der Waals surface area contributed by atoms with Gasteiger partial charge in [-0.2, -0.15) is 5.10 Å². The Morgan fingerprint density at radius 1 is 1.04 bits per heavy atom. The molecule has 130 valence electrons. The zero-order valence-corrected chi connectivity index (χ0v) is 14.2. The molecule has 0 aliphatic carbocycles. The Bertz CT molecular complexity index is 772. The first-order valence-electron chi connectivity index (χ1n) is 8.91. The highest BCUT2D eigenvalue weighted by molar-refractivity contribution is 6.01. The number of hydrogen-bond acceptors (Lipinski definition) is 4. The molecule has 25 heavy (non-hydrogen) atoms. The molecule has 4 rings (SSSR count). The second kappa shape index (κ2) is 6.84. The van der Waals surface area contributed by atoms with Gasteiger partial charge in [0.25, 0.3) is 0 Å². The molecule has 0 unspecified atom stereocenters. The van der Waals surface area contributed by atoms with Gasteiger partial charge in [-0.3, -0.25) is 5.01 Å². The Balaban J connectivity index is 1.73. The SMILES string of the molecule is N[C@@H]1CCCCN(C2=NN(c3ccc(F)cc3)Cc3ccccc32)C1. The number of halogens is 1. The third kappa shape index (κ3) is 3.37. The molecule has 0 bridgehead atoms. The van der Waals surface area contributed by atoms with Crippen molar-refractivity contribution in [2.24, 2.45) is 10.8 Å². The molecule has 0 saturated carbocycles. The van der Waals surface area contributed by atoms with Gasteiger partial charge in [0.2, 0.25) is 0 Å². The van der Waals surface area contributed by atoms with Gasteiger partial charge in [-0.1, -0.05) is 30.7 Å². The lowest BCUT2D eigenvalue weighted by atomic mass is 10.0. The van der Waals surface area contributed by atoms with Crippen LogP contribution in [0.1, 0.15) is 30.4 Å². The van der Waals surface area contributed by atoms with Crippen molar-refractivity contribution in [3.8, 4) is 0 Å². The van der Waals surface area contributed by atoms with Crippen LogP contribution < -0.4 is 10.7 Å². The molecule has 0 spiro atoms. The van der Waals surface area contributed by atoms with Crippen LogP contribution in [0.3, 0.4) is 0 Å². The van der Waals surface area contributed by atoms with Crippen molar-refractivity contribution in [1.29, 1.82) is 0 Å². The Labute approximate surface area is 147 Å². The van der Waals surface area contributed by atoms with Gasteiger partial charge in [0.05, 0.1) is 12.2 Å². The van der Waals surface area contributed by atoms with E-state index in [1.807, 2.05) is 5.01 Å². The van der Waals surface area contributed by atoms with E-state index in [2.05, 4.69) is 29.2 Å². The Hall–Kier alpha value is -2.40. The topological polar surface area (TPSA) is 44.9 Å². The number of likely N-dealkylation sites (tertiary alicyclic amines) is 1. The zero-order valence-electron chi connectivity index (χ0n) is 14.2. The maximum absolute atomic E-state index is 13.3. The lowest BCUT2D eigenvalue weighted by Crippen LogP contribution is -2.43. The molecule has 2 aliphatic heterocycles. The van der Waals surface area contributed by atoms with Crippen molar-refractivity contribution < 1.29 is 4.39 Å². The van der Waals surface area contributed by atoms with Gasteiger partial charge in [0.15, 0.2) is 5.84 Å². The van der Waals surface area contributed by atoms with Crippen molar-refractivity contribution >= 4 is 11.5 Å². The number of nitrogens with two attached hydrogens (primary N) is 1. The third-order valence-electron chi connectivity index (χ3n) is 4.93. The molecule has 2 N–H and O–H groups in total. The minimum Gasteiger partial charge on any atom is -0.353 e. The molecule has 1 saturated heterocycles. The molecule has 0 radical (unpaired) electrons. The summed E-state index contributed by atoms with van der Waals surface area (Å²) >= 11 is 0. The largest absolute Gasteiger partial charge is 0.353 e. The third-order valence-corrected chi connectivity index (χ3v) is 4.93. The van der Waals surface area contributed by atoms with Crippen LogP contribution in [0.15, 0.2) is 53.6 Å². The summed E-state index contributed by atoms with van der Waals surface area (Å²) in [5, 5.41) is 6.87. The molecule has 2 aromatic rings. The predicted molar refractivity (Wildman–Crippen MR) is 99.0 cm³/mol. The summed E-state index contributed by atoms with van der Waals surface area (Å²) in [5.74, 6) is 0.743. The maximum atomic E-state index is 13.3. The van der Waals surface area contributed by atoms with Crippen molar-refractivity contribution in [1.82, 2.24) is 4.90 Å². The first kappa shape index (κ1) is 16.1. The summed E-state index contributed by atoms with van der Waals surface area (Å²) in [6, 6.07) is 15.1. The monoisotopic (exact) mass is 338 g/mol. The number of rotatable bonds is 1. The molecule has 1 fully saturated rings. The fraction of sp³-hybridized carbons (Fsp3) is 0.350. The van der Waals surface area contributed by atoms with E-state index in [4.69, 9.17) is 10.8 Å². The van der Waals surface area contributed by atoms with Crippen LogP contribution in [0.5, 0.6) is 0 Å². The summed E-state index contributed by atoms with van der Waals surface area (Å²) in [6.07, 6.45) is 3.35. The lowest BCUT2D eigenvalue weighted by Gasteiger charge is -2.33. The fourth-order valence-corrected chi connectivity index (χ4v) is 3.60. The van der Waals surface area contributed by atoms with Crippen LogP contribution in [0.25, 0.3) is 0 Å². The predicted octanol–water partition coefficient (Wildman–Crippen LogP) is 3.32. The van der Waals surface area contributed by atoms with Gasteiger partial charge in [-0.25, -0.2) is 4.39 Å². The lowest BCUT2D eigenvalue weighted by molar-refractivity contribution is 0.408. The van der Waals surface area contributed by atoms with E-state index in [0.717, 1.165) is 43.9 Å². The minimum atomic E-state index is -0.233. The van der Waals surface area contributed by atoms with E-state index in [1.54, 1.807) is 12.1 Å². The first-order valence-corrected chi connectivity index (χ1v) is 8.91. The molecule has 0 amide bonds. The van der Waals surface area contributed by atoms with Crippen molar-refractivity contribution in [2.45, 2.75) is 31.8 Å². The standard InChI is InChI=1S/C20H23FN4/c21-16-8-10-18(11-9-16)25-13-15-5-1-2-7-19(15)20(23-25)24-12-4-3-6-17(22)14-24/h1-2,5,7-11,17H,3-4,6,12-14,22H2/t17-/m1/s1. The Kier molecular flexibility index (Phi) is 4.40. The summed E-state index contributed by atoms with van der Waals surface area (Å²) in [5.41, 5.74) is 9.57. The zero-order chi connectivity index (χ0) is 17.2. The van der Waals surface area contributed by atoms with Crippen molar-refractivity contribution in [3.05, 3.63) is 65.5 Å². The summed E-state index contributed by atoms with van der Waals surface area (Å²) in [6.45, 7) is 2.48. The molecule has 5 heteroatoms. The maximum Gasteiger partial charge on any atom is 0.156 e. The molecular weight excluding hydrogens is 315 g/mol. The number of anilines is 1. The molecule has 1 atom stereocenters. The van der Waals surface area contributed by atoms with Crippen molar-refractivity contribution in [3.63, 3.8) is 0 Å². The number of amidine groups is 1. The number of hydrogen-bond donors (Lipinski definition) is 1. The van der Waals surface area contributed by atoms with Gasteiger partial charge >= 0.3 is 0 Å². The fourth-order valence-electron chi connectivity index (χ4n) is 3.60. The van der Waals surface area contributed by atoms with E-state index in [1.165, 1.54) is 23.3 Å². The van der Waals surface area contributed by atoms with Gasteiger partial charge in [-0.05, 0) is 42.7 Å². The van der Waals surface area contributed by atoms with Crippen LogP contribution in [0.4, 0.5) is 10.1 Å². The van der Waals surface area contributed by atoms with E-state index in [-0.39, 0.29) is 11.9 Å². The number of fused-ring (bicyclic) bond motifs is 1. The number of hydrazone groups is 1. The van der Waals surface area contributed by atoms with E-state index in [9.17, 15) is 4.39 Å². The quantitative estimate of drug-likeness (QED) is 0.867. The van der Waals surface area contributed by atoms with E-state index < -0.39 is 0 Å². The summed E-state index contributed by atoms with van der Waals surface area (Å²) in [7, 11) is 0. The number of benzene rings is 2. The molecule has 0 aromatic heterocycles. The van der Waals surface area contributed by atoms with Crippen LogP contribution in [-0.2, 0) is 6.54 Å². The van der Waals surface area contributed by atoms with Crippen LogP contribution >= 0.6 is 0 Å². The van der Waals surface area contributed by atoms with Crippen LogP contribution in [0.2, 0.25) is 0 Å². The Morgan fingerprint density at radius 3 is 2.68 bits per heavy atom. The minimum absolute atomic E-state index is 0.179. The van der Waals surface area contributed by atoms with Crippen molar-refractivity contribution in [2.75, 3.05) is 18.1 Å². The second-order valence-corrected chi connectivity index (χ2v) is 6.82. The highest BCUT2D eigenvalue weighted by Crippen LogP contribution is 2.27. The average Bonchev–Trinajstić information content (AvgIpc) is 2.86. The highest BCUT2D eigenvalue weighted by atomic mass is 19.1. The first-order chi connectivity index (χ1) is 12.2. The van der Waals surface area contributed by atoms with Gasteiger partial charge < -0.3 is 10.6 Å². The van der Waals surface area contributed by atoms with Crippen LogP contribution in [0, 0.1) is 5.82 Å². The normalized spacial score (nSPS) is 20.7. The molecule has 4 nitrogen and oxygen atoms in total. The van der Waals surface area contributed by atoms with E-state index in [0.29, 0.717) is 6.54 Å². The Morgan fingerprint density at radius 2 is 1.84 bits per heavy atom. The van der Waals surface area contributed by atoms with Gasteiger partial charge in [-0.15, -0.1) is 0 Å². The molecule has 2 heterocycles. The second-order valence-electron chi connectivity index (χ2n) is 6.82. The molecular formula is C20H23FN4. The number of nitrogens with zero attached hydrogens (tertiary/aromatic N) is 3. The van der Waals surface area contributed by atoms with Gasteiger partial charge in [0, 0.05) is 24.7 Å². The van der Waals surface area contributed by atoms with E-state index >= 15 is 0 Å².